The van der Waals surface area contributed by atoms with Crippen molar-refractivity contribution >= 4 is 21.6 Å². The molecule has 0 radical (unpaired) electrons. The molecule has 0 amide bonds. The van der Waals surface area contributed by atoms with E-state index >= 15 is 0 Å². The molecule has 1 aromatic rings. The topological polar surface area (TPSA) is 61.4 Å². The molecule has 1 aliphatic carbocycles. The smallest absolute Gasteiger partial charge is 0.254 e. The lowest BCUT2D eigenvalue weighted by molar-refractivity contribution is 0.364. The van der Waals surface area contributed by atoms with E-state index in [0.29, 0.717) is 12.6 Å². The van der Waals surface area contributed by atoms with Gasteiger partial charge in [0.25, 0.3) is 10.0 Å². The number of rotatable bonds is 6. The van der Waals surface area contributed by atoms with E-state index in [0.717, 1.165) is 5.56 Å². The Morgan fingerprint density at radius 2 is 2.05 bits per heavy atom. The summed E-state index contributed by atoms with van der Waals surface area (Å²) in [5.41, 5.74) is 0.912. The number of benzene rings is 1. The second-order valence-corrected chi connectivity index (χ2v) is 6.95. The fraction of sp³-hybridized carbons (Fsp3) is 0.500. The highest BCUT2D eigenvalue weighted by molar-refractivity contribution is 7.89. The summed E-state index contributed by atoms with van der Waals surface area (Å²) in [4.78, 5) is 2.49. The molecule has 0 saturated heterocycles. The highest BCUT2D eigenvalue weighted by Crippen LogP contribution is 2.24. The molecule has 1 fully saturated rings. The van der Waals surface area contributed by atoms with Gasteiger partial charge < -0.3 is 5.32 Å². The number of hydrazine groups is 1. The molecule has 106 valence electrons. The van der Waals surface area contributed by atoms with Gasteiger partial charge >= 0.3 is 0 Å². The first kappa shape index (κ1) is 14.7. The van der Waals surface area contributed by atoms with Gasteiger partial charge in [-0.2, -0.15) is 0 Å². The molecule has 1 aliphatic rings. The molecule has 0 spiro atoms. The first-order valence-electron chi connectivity index (χ1n) is 6.10. The third-order valence-electron chi connectivity index (χ3n) is 2.76. The number of nitrogens with one attached hydrogen (secondary N) is 2. The lowest BCUT2D eigenvalue weighted by atomic mass is 10.2. The number of sulfonamides is 1. The van der Waals surface area contributed by atoms with Crippen LogP contribution < -0.4 is 10.1 Å². The Bertz CT molecular complexity index is 556. The Kier molecular flexibility index (Phi) is 4.47. The molecule has 1 aromatic carbocycles. The Balaban J connectivity index is 2.20. The average Bonchev–Trinajstić information content (AvgIpc) is 3.09. The SMILES string of the molecule is CN(C)NS(=O)(=O)c1cc(CNC2CC2)ccc1Cl. The van der Waals surface area contributed by atoms with Gasteiger partial charge in [0.15, 0.2) is 0 Å². The standard InChI is InChI=1S/C12H18ClN3O2S/c1-16(2)15-19(17,18)12-7-9(3-6-11(12)13)8-14-10-4-5-10/h3,6-7,10,14-15H,4-5,8H2,1-2H3. The van der Waals surface area contributed by atoms with Crippen LogP contribution in [0.5, 0.6) is 0 Å². The minimum Gasteiger partial charge on any atom is -0.310 e. The van der Waals surface area contributed by atoms with Crippen LogP contribution in [-0.4, -0.2) is 33.6 Å². The van der Waals surface area contributed by atoms with E-state index in [1.807, 2.05) is 6.07 Å². The zero-order valence-corrected chi connectivity index (χ0v) is 12.6. The molecular weight excluding hydrogens is 286 g/mol. The average molecular weight is 304 g/mol. The van der Waals surface area contributed by atoms with E-state index in [4.69, 9.17) is 11.6 Å². The predicted molar refractivity (Wildman–Crippen MR) is 75.3 cm³/mol. The second-order valence-electron chi connectivity index (χ2n) is 4.91. The lowest BCUT2D eigenvalue weighted by Gasteiger charge is -2.14. The first-order valence-corrected chi connectivity index (χ1v) is 7.96. The van der Waals surface area contributed by atoms with Crippen LogP contribution in [0.2, 0.25) is 5.02 Å². The summed E-state index contributed by atoms with van der Waals surface area (Å²) in [6.07, 6.45) is 2.39. The highest BCUT2D eigenvalue weighted by Gasteiger charge is 2.22. The maximum absolute atomic E-state index is 12.1. The number of hydrogen-bond acceptors (Lipinski definition) is 4. The van der Waals surface area contributed by atoms with Crippen molar-refractivity contribution in [1.82, 2.24) is 15.2 Å². The van der Waals surface area contributed by atoms with Gasteiger partial charge in [0.2, 0.25) is 0 Å². The summed E-state index contributed by atoms with van der Waals surface area (Å²) in [5.74, 6) is 0. The van der Waals surface area contributed by atoms with Crippen molar-refractivity contribution in [3.63, 3.8) is 0 Å². The molecule has 19 heavy (non-hydrogen) atoms. The summed E-state index contributed by atoms with van der Waals surface area (Å²) < 4.78 is 24.2. The minimum atomic E-state index is -3.62. The molecule has 0 heterocycles. The molecule has 1 saturated carbocycles. The Hall–Kier alpha value is -0.660. The monoisotopic (exact) mass is 303 g/mol. The maximum Gasteiger partial charge on any atom is 0.254 e. The van der Waals surface area contributed by atoms with Gasteiger partial charge in [-0.1, -0.05) is 17.7 Å². The van der Waals surface area contributed by atoms with Crippen molar-refractivity contribution in [3.8, 4) is 0 Å². The van der Waals surface area contributed by atoms with Crippen LogP contribution in [-0.2, 0) is 16.6 Å². The van der Waals surface area contributed by atoms with E-state index in [1.165, 1.54) is 17.9 Å². The summed E-state index contributed by atoms with van der Waals surface area (Å²) >= 11 is 5.98. The molecule has 5 nitrogen and oxygen atoms in total. The fourth-order valence-electron chi connectivity index (χ4n) is 1.70. The molecule has 0 unspecified atom stereocenters. The summed E-state index contributed by atoms with van der Waals surface area (Å²) in [6, 6.07) is 5.65. The van der Waals surface area contributed by atoms with Crippen LogP contribution in [0.4, 0.5) is 0 Å². The number of hydrogen-bond donors (Lipinski definition) is 2. The van der Waals surface area contributed by atoms with Crippen LogP contribution in [0, 0.1) is 0 Å². The molecule has 0 atom stereocenters. The van der Waals surface area contributed by atoms with Crippen LogP contribution in [0.3, 0.4) is 0 Å². The summed E-state index contributed by atoms with van der Waals surface area (Å²) in [5, 5.41) is 4.95. The van der Waals surface area contributed by atoms with E-state index in [-0.39, 0.29) is 9.92 Å². The third kappa shape index (κ3) is 4.15. The lowest BCUT2D eigenvalue weighted by Crippen LogP contribution is -2.36. The van der Waals surface area contributed by atoms with Crippen LogP contribution in [0.1, 0.15) is 18.4 Å². The summed E-state index contributed by atoms with van der Waals surface area (Å²) in [6.45, 7) is 0.659. The molecule has 7 heteroatoms. The summed E-state index contributed by atoms with van der Waals surface area (Å²) in [7, 11) is -0.389. The van der Waals surface area contributed by atoms with Crippen molar-refractivity contribution in [2.24, 2.45) is 0 Å². The van der Waals surface area contributed by atoms with E-state index in [1.54, 1.807) is 26.2 Å². The molecule has 0 bridgehead atoms. The fourth-order valence-corrected chi connectivity index (χ4v) is 3.34. The molecule has 2 rings (SSSR count). The normalized spacial score (nSPS) is 16.0. The zero-order valence-electron chi connectivity index (χ0n) is 11.0. The minimum absolute atomic E-state index is 0.109. The number of nitrogens with zero attached hydrogens (tertiary/aromatic N) is 1. The van der Waals surface area contributed by atoms with Gasteiger partial charge in [-0.15, -0.1) is 4.83 Å². The van der Waals surface area contributed by atoms with Crippen molar-refractivity contribution in [3.05, 3.63) is 28.8 Å². The van der Waals surface area contributed by atoms with Crippen molar-refractivity contribution < 1.29 is 8.42 Å². The van der Waals surface area contributed by atoms with E-state index < -0.39 is 10.0 Å². The van der Waals surface area contributed by atoms with Gasteiger partial charge in [-0.25, -0.2) is 13.4 Å². The van der Waals surface area contributed by atoms with Crippen LogP contribution in [0.25, 0.3) is 0 Å². The largest absolute Gasteiger partial charge is 0.310 e. The Morgan fingerprint density at radius 3 is 2.63 bits per heavy atom. The van der Waals surface area contributed by atoms with Crippen molar-refractivity contribution in [2.45, 2.75) is 30.3 Å². The zero-order chi connectivity index (χ0) is 14.0. The van der Waals surface area contributed by atoms with Crippen LogP contribution >= 0.6 is 11.6 Å². The highest BCUT2D eigenvalue weighted by atomic mass is 35.5. The van der Waals surface area contributed by atoms with E-state index in [9.17, 15) is 8.42 Å². The Morgan fingerprint density at radius 1 is 1.37 bits per heavy atom. The third-order valence-corrected chi connectivity index (χ3v) is 4.72. The quantitative estimate of drug-likeness (QED) is 0.779. The second kappa shape index (κ2) is 5.76. The van der Waals surface area contributed by atoms with Gasteiger partial charge in [-0.05, 0) is 30.5 Å². The van der Waals surface area contributed by atoms with Crippen LogP contribution in [0.15, 0.2) is 23.1 Å². The number of halogens is 1. The maximum atomic E-state index is 12.1. The molecule has 0 aromatic heterocycles. The molecule has 0 aliphatic heterocycles. The van der Waals surface area contributed by atoms with Crippen molar-refractivity contribution in [2.75, 3.05) is 14.1 Å². The molecule has 2 N–H and O–H groups in total. The Labute approximate surface area is 119 Å². The first-order chi connectivity index (χ1) is 8.88. The van der Waals surface area contributed by atoms with Gasteiger partial charge in [-0.3, -0.25) is 0 Å². The van der Waals surface area contributed by atoms with E-state index in [2.05, 4.69) is 10.1 Å². The van der Waals surface area contributed by atoms with Crippen molar-refractivity contribution in [1.29, 1.82) is 0 Å². The molecular formula is C12H18ClN3O2S. The van der Waals surface area contributed by atoms with Gasteiger partial charge in [0.1, 0.15) is 4.90 Å². The predicted octanol–water partition coefficient (Wildman–Crippen LogP) is 1.35. The van der Waals surface area contributed by atoms with Gasteiger partial charge in [0.05, 0.1) is 5.02 Å². The van der Waals surface area contributed by atoms with Gasteiger partial charge in [0, 0.05) is 26.7 Å².